The van der Waals surface area contributed by atoms with Crippen molar-refractivity contribution >= 4 is 27.3 Å². The molecule has 0 aromatic heterocycles. The van der Waals surface area contributed by atoms with Crippen molar-refractivity contribution in [1.29, 1.82) is 0 Å². The first-order valence-electron chi connectivity index (χ1n) is 7.22. The van der Waals surface area contributed by atoms with Crippen molar-refractivity contribution in [3.8, 4) is 0 Å². The maximum atomic E-state index is 12.6. The molecule has 0 saturated carbocycles. The number of carbonyl (C=O) groups is 3. The predicted molar refractivity (Wildman–Crippen MR) is 78.1 cm³/mol. The lowest BCUT2D eigenvalue weighted by Gasteiger charge is -2.37. The largest absolute Gasteiger partial charge is 0.323 e. The third-order valence-electron chi connectivity index (χ3n) is 4.71. The van der Waals surface area contributed by atoms with Gasteiger partial charge in [-0.25, -0.2) is 8.42 Å². The molecule has 1 N–H and O–H groups in total. The van der Waals surface area contributed by atoms with Gasteiger partial charge in [0.2, 0.25) is 5.91 Å². The number of hydrogen-bond acceptors (Lipinski definition) is 5. The van der Waals surface area contributed by atoms with Crippen LogP contribution in [0.3, 0.4) is 0 Å². The van der Waals surface area contributed by atoms with E-state index < -0.39 is 33.5 Å². The van der Waals surface area contributed by atoms with Crippen LogP contribution in [0.15, 0.2) is 22.3 Å². The monoisotopic (exact) mass is 323 g/mol. The summed E-state index contributed by atoms with van der Waals surface area (Å²) in [5.41, 5.74) is 0.684. The second kappa shape index (κ2) is 4.87. The Balaban J connectivity index is 2.06. The first-order chi connectivity index (χ1) is 10.2. The van der Waals surface area contributed by atoms with E-state index >= 15 is 0 Å². The lowest BCUT2D eigenvalue weighted by molar-refractivity contribution is -0.132. The van der Waals surface area contributed by atoms with Gasteiger partial charge in [-0.05, 0) is 19.8 Å². The predicted octanol–water partition coefficient (Wildman–Crippen LogP) is 0.503. The summed E-state index contributed by atoms with van der Waals surface area (Å²) in [4.78, 5) is 36.5. The number of amides is 1. The SMILES string of the molecule is CC(=O)NC1=CC(=O)[C@@H]2CC(C)=C3[C@@H](CCS3(=O)=O)[C@@H]2C1=O. The smallest absolute Gasteiger partial charge is 0.221 e. The maximum absolute atomic E-state index is 12.6. The molecular formula is C15H17NO5S. The molecule has 1 aliphatic heterocycles. The highest BCUT2D eigenvalue weighted by atomic mass is 32.2. The van der Waals surface area contributed by atoms with E-state index in [1.165, 1.54) is 13.0 Å². The van der Waals surface area contributed by atoms with Crippen molar-refractivity contribution in [2.75, 3.05) is 5.75 Å². The van der Waals surface area contributed by atoms with Gasteiger partial charge in [-0.2, -0.15) is 0 Å². The Morgan fingerprint density at radius 2 is 1.95 bits per heavy atom. The number of hydrogen-bond donors (Lipinski definition) is 1. The molecular weight excluding hydrogens is 306 g/mol. The third-order valence-corrected chi connectivity index (χ3v) is 6.81. The molecule has 118 valence electrons. The zero-order valence-corrected chi connectivity index (χ0v) is 13.2. The molecule has 0 aromatic rings. The van der Waals surface area contributed by atoms with Crippen LogP contribution < -0.4 is 5.32 Å². The summed E-state index contributed by atoms with van der Waals surface area (Å²) in [6, 6.07) is 0. The van der Waals surface area contributed by atoms with E-state index in [9.17, 15) is 22.8 Å². The van der Waals surface area contributed by atoms with Gasteiger partial charge in [-0.3, -0.25) is 14.4 Å². The molecule has 6 nitrogen and oxygen atoms in total. The molecule has 0 unspecified atom stereocenters. The number of nitrogens with one attached hydrogen (secondary N) is 1. The van der Waals surface area contributed by atoms with Crippen LogP contribution in [0, 0.1) is 17.8 Å². The van der Waals surface area contributed by atoms with Gasteiger partial charge in [0.1, 0.15) is 0 Å². The normalized spacial score (nSPS) is 33.2. The van der Waals surface area contributed by atoms with Gasteiger partial charge in [0.25, 0.3) is 0 Å². The van der Waals surface area contributed by atoms with Crippen LogP contribution in [0.4, 0.5) is 0 Å². The summed E-state index contributed by atoms with van der Waals surface area (Å²) >= 11 is 0. The minimum absolute atomic E-state index is 0.0121. The van der Waals surface area contributed by atoms with Crippen LogP contribution in [0.25, 0.3) is 0 Å². The van der Waals surface area contributed by atoms with Crippen LogP contribution in [0.5, 0.6) is 0 Å². The van der Waals surface area contributed by atoms with Crippen LogP contribution in [-0.2, 0) is 24.2 Å². The van der Waals surface area contributed by atoms with Crippen molar-refractivity contribution in [1.82, 2.24) is 5.32 Å². The topological polar surface area (TPSA) is 97.4 Å². The second-order valence-corrected chi connectivity index (χ2v) is 8.28. The van der Waals surface area contributed by atoms with E-state index in [1.54, 1.807) is 6.92 Å². The number of fused-ring (bicyclic) bond motifs is 3. The fraction of sp³-hybridized carbons (Fsp3) is 0.533. The highest BCUT2D eigenvalue weighted by Gasteiger charge is 2.52. The fourth-order valence-electron chi connectivity index (χ4n) is 3.95. The lowest BCUT2D eigenvalue weighted by Crippen LogP contribution is -2.45. The molecule has 3 atom stereocenters. The molecule has 3 rings (SSSR count). The standard InChI is InChI=1S/C15H17NO5S/c1-7-5-10-12(18)6-11(16-8(2)17)14(19)13(10)9-3-4-22(20,21)15(7)9/h6,9-10,13H,3-5H2,1-2H3,(H,16,17)/t9-,10-,13-/m0/s1. The van der Waals surface area contributed by atoms with Crippen LogP contribution in [-0.4, -0.2) is 31.6 Å². The van der Waals surface area contributed by atoms with Gasteiger partial charge in [0.15, 0.2) is 21.4 Å². The van der Waals surface area contributed by atoms with E-state index in [2.05, 4.69) is 5.32 Å². The minimum atomic E-state index is -3.32. The molecule has 0 spiro atoms. The quantitative estimate of drug-likeness (QED) is 0.758. The highest BCUT2D eigenvalue weighted by Crippen LogP contribution is 2.49. The van der Waals surface area contributed by atoms with Crippen molar-refractivity contribution in [3.05, 3.63) is 22.3 Å². The van der Waals surface area contributed by atoms with Crippen LogP contribution >= 0.6 is 0 Å². The molecule has 22 heavy (non-hydrogen) atoms. The molecule has 3 aliphatic rings. The molecule has 0 bridgehead atoms. The number of ketones is 2. The van der Waals surface area contributed by atoms with Crippen molar-refractivity contribution in [2.45, 2.75) is 26.7 Å². The molecule has 0 aromatic carbocycles. The Hall–Kier alpha value is -1.76. The Morgan fingerprint density at radius 1 is 1.27 bits per heavy atom. The van der Waals surface area contributed by atoms with Gasteiger partial charge in [0, 0.05) is 35.7 Å². The summed E-state index contributed by atoms with van der Waals surface area (Å²) in [5.74, 6) is -2.55. The Morgan fingerprint density at radius 3 is 2.59 bits per heavy atom. The fourth-order valence-corrected chi connectivity index (χ4v) is 6.07. The van der Waals surface area contributed by atoms with Gasteiger partial charge in [-0.15, -0.1) is 0 Å². The molecule has 7 heteroatoms. The van der Waals surface area contributed by atoms with Crippen LogP contribution in [0.2, 0.25) is 0 Å². The van der Waals surface area contributed by atoms with Crippen LogP contribution in [0.1, 0.15) is 26.7 Å². The van der Waals surface area contributed by atoms with Crippen molar-refractivity contribution in [2.24, 2.45) is 17.8 Å². The zero-order valence-electron chi connectivity index (χ0n) is 12.4. The number of carbonyl (C=O) groups excluding carboxylic acids is 3. The second-order valence-electron chi connectivity index (χ2n) is 6.20. The summed E-state index contributed by atoms with van der Waals surface area (Å²) in [7, 11) is -3.32. The number of rotatable bonds is 1. The van der Waals surface area contributed by atoms with Gasteiger partial charge in [-0.1, -0.05) is 5.57 Å². The van der Waals surface area contributed by atoms with E-state index in [-0.39, 0.29) is 23.0 Å². The summed E-state index contributed by atoms with van der Waals surface area (Å²) in [5, 5.41) is 2.39. The Kier molecular flexibility index (Phi) is 3.36. The molecule has 1 amide bonds. The zero-order chi connectivity index (χ0) is 16.2. The molecule has 1 saturated heterocycles. The molecule has 0 radical (unpaired) electrons. The van der Waals surface area contributed by atoms with Crippen molar-refractivity contribution < 1.29 is 22.8 Å². The summed E-state index contributed by atoms with van der Waals surface area (Å²) in [6.07, 6.45) is 1.85. The number of allylic oxidation sites excluding steroid dienone is 4. The van der Waals surface area contributed by atoms with E-state index in [4.69, 9.17) is 0 Å². The molecule has 2 aliphatic carbocycles. The van der Waals surface area contributed by atoms with Gasteiger partial charge < -0.3 is 5.32 Å². The Labute approximate surface area is 128 Å². The lowest BCUT2D eigenvalue weighted by atomic mass is 9.66. The summed E-state index contributed by atoms with van der Waals surface area (Å²) in [6.45, 7) is 2.99. The minimum Gasteiger partial charge on any atom is -0.323 e. The van der Waals surface area contributed by atoms with Gasteiger partial charge >= 0.3 is 0 Å². The maximum Gasteiger partial charge on any atom is 0.221 e. The number of sulfone groups is 1. The first-order valence-corrected chi connectivity index (χ1v) is 8.87. The molecule has 1 heterocycles. The summed E-state index contributed by atoms with van der Waals surface area (Å²) < 4.78 is 24.4. The third kappa shape index (κ3) is 2.15. The highest BCUT2D eigenvalue weighted by molar-refractivity contribution is 7.95. The first kappa shape index (κ1) is 15.1. The van der Waals surface area contributed by atoms with Crippen molar-refractivity contribution in [3.63, 3.8) is 0 Å². The molecule has 1 fully saturated rings. The van der Waals surface area contributed by atoms with Gasteiger partial charge in [0.05, 0.1) is 11.4 Å². The van der Waals surface area contributed by atoms with E-state index in [0.29, 0.717) is 23.3 Å². The Bertz CT molecular complexity index is 759. The average molecular weight is 323 g/mol. The average Bonchev–Trinajstić information content (AvgIpc) is 2.72. The van der Waals surface area contributed by atoms with E-state index in [1.807, 2.05) is 0 Å². The number of Topliss-reactive ketones (excluding diaryl/α,β-unsaturated/α-hetero) is 1. The van der Waals surface area contributed by atoms with E-state index in [0.717, 1.165) is 0 Å².